The van der Waals surface area contributed by atoms with E-state index in [0.717, 1.165) is 41.7 Å². The number of carbonyl (C=O) groups is 1. The number of hydrogen-bond donors (Lipinski definition) is 1. The molecule has 2 bridgehead atoms. The van der Waals surface area contributed by atoms with Crippen molar-refractivity contribution >= 4 is 5.97 Å². The molecule has 5 atom stereocenters. The van der Waals surface area contributed by atoms with Crippen LogP contribution in [0.15, 0.2) is 6.07 Å². The number of fused-ring (bicyclic) bond motifs is 2. The van der Waals surface area contributed by atoms with Gasteiger partial charge in [0.05, 0.1) is 7.11 Å². The molecule has 5 aliphatic rings. The lowest BCUT2D eigenvalue weighted by Crippen LogP contribution is -2.70. The molecule has 6 rings (SSSR count). The molecule has 1 saturated carbocycles. The van der Waals surface area contributed by atoms with Crippen molar-refractivity contribution in [3.05, 3.63) is 28.3 Å². The van der Waals surface area contributed by atoms with Gasteiger partial charge in [0.15, 0.2) is 0 Å². The minimum atomic E-state index is -1.05. The molecule has 2 aliphatic heterocycles. The highest BCUT2D eigenvalue weighted by Crippen LogP contribution is 2.69. The first-order valence-electron chi connectivity index (χ1n) is 8.58. The van der Waals surface area contributed by atoms with Crippen LogP contribution in [0.1, 0.15) is 42.0 Å². The summed E-state index contributed by atoms with van der Waals surface area (Å²) in [6, 6.07) is 2.07. The Bertz CT molecular complexity index is 754. The molecule has 1 spiro atoms. The largest absolute Gasteiger partial charge is 0.496 e. The molecule has 3 aliphatic carbocycles. The number of benzene rings is 1. The highest BCUT2D eigenvalue weighted by molar-refractivity contribution is 5.84. The maximum absolute atomic E-state index is 12.8. The zero-order valence-electron chi connectivity index (χ0n) is 13.8. The van der Waals surface area contributed by atoms with E-state index in [1.807, 2.05) is 0 Å². The molecule has 1 aromatic carbocycles. The maximum Gasteiger partial charge on any atom is 0.315 e. The summed E-state index contributed by atoms with van der Waals surface area (Å²) in [5.41, 5.74) is 2.67. The summed E-state index contributed by atoms with van der Waals surface area (Å²) in [6.45, 7) is 4.17. The number of carbonyl (C=O) groups excluding carboxylic acids is 1. The molecule has 0 radical (unpaired) electrons. The van der Waals surface area contributed by atoms with Crippen molar-refractivity contribution in [3.8, 4) is 5.75 Å². The lowest BCUT2D eigenvalue weighted by atomic mass is 9.47. The van der Waals surface area contributed by atoms with Gasteiger partial charge in [0.25, 0.3) is 0 Å². The first-order valence-corrected chi connectivity index (χ1v) is 8.58. The second kappa shape index (κ2) is 3.92. The third-order valence-corrected chi connectivity index (χ3v) is 7.28. The van der Waals surface area contributed by atoms with Crippen LogP contribution in [0.2, 0.25) is 0 Å². The summed E-state index contributed by atoms with van der Waals surface area (Å²) in [5.74, 6) is 0.879. The summed E-state index contributed by atoms with van der Waals surface area (Å²) in [5, 5.41) is 11.9. The van der Waals surface area contributed by atoms with Gasteiger partial charge in [-0.1, -0.05) is 6.92 Å². The van der Waals surface area contributed by atoms with Gasteiger partial charge in [0, 0.05) is 5.92 Å². The Labute approximate surface area is 135 Å². The molecule has 1 aromatic rings. The second-order valence-electron chi connectivity index (χ2n) is 7.85. The van der Waals surface area contributed by atoms with Crippen LogP contribution in [0.3, 0.4) is 0 Å². The summed E-state index contributed by atoms with van der Waals surface area (Å²) in [4.78, 5) is 12.8. The van der Waals surface area contributed by atoms with Gasteiger partial charge in [0.1, 0.15) is 22.9 Å². The van der Waals surface area contributed by atoms with E-state index in [0.29, 0.717) is 6.42 Å². The minimum Gasteiger partial charge on any atom is -0.496 e. The summed E-state index contributed by atoms with van der Waals surface area (Å²) in [7, 11) is 1.70. The fourth-order valence-corrected chi connectivity index (χ4v) is 6.21. The fourth-order valence-electron chi connectivity index (χ4n) is 6.21. The molecule has 23 heavy (non-hydrogen) atoms. The lowest BCUT2D eigenvalue weighted by Gasteiger charge is -2.62. The Kier molecular flexibility index (Phi) is 2.36. The molecule has 1 N–H and O–H groups in total. The van der Waals surface area contributed by atoms with E-state index in [1.54, 1.807) is 7.11 Å². The number of esters is 1. The van der Waals surface area contributed by atoms with Crippen LogP contribution in [0.5, 0.6) is 5.75 Å². The van der Waals surface area contributed by atoms with E-state index in [2.05, 4.69) is 19.9 Å². The minimum absolute atomic E-state index is 0.00347. The number of rotatable bonds is 1. The first kappa shape index (κ1) is 13.8. The van der Waals surface area contributed by atoms with Crippen molar-refractivity contribution in [2.45, 2.75) is 51.2 Å². The molecular formula is C19H22O4. The maximum atomic E-state index is 12.8. The summed E-state index contributed by atoms with van der Waals surface area (Å²) < 4.78 is 11.3. The quantitative estimate of drug-likeness (QED) is 0.808. The lowest BCUT2D eigenvalue weighted by molar-refractivity contribution is -0.274. The van der Waals surface area contributed by atoms with Gasteiger partial charge in [0.2, 0.25) is 0 Å². The van der Waals surface area contributed by atoms with Gasteiger partial charge >= 0.3 is 5.97 Å². The molecule has 0 aromatic heterocycles. The van der Waals surface area contributed by atoms with Crippen LogP contribution in [0, 0.1) is 24.2 Å². The van der Waals surface area contributed by atoms with E-state index in [4.69, 9.17) is 9.47 Å². The molecule has 2 heterocycles. The van der Waals surface area contributed by atoms with Crippen LogP contribution in [-0.4, -0.2) is 24.3 Å². The Hall–Kier alpha value is -1.55. The van der Waals surface area contributed by atoms with Gasteiger partial charge in [-0.3, -0.25) is 4.79 Å². The number of hydrogen-bond acceptors (Lipinski definition) is 4. The number of methoxy groups -OCH3 is 1. The van der Waals surface area contributed by atoms with E-state index in [9.17, 15) is 9.90 Å². The third kappa shape index (κ3) is 1.22. The van der Waals surface area contributed by atoms with Crippen LogP contribution in [-0.2, 0) is 28.0 Å². The zero-order chi connectivity index (χ0) is 16.1. The Morgan fingerprint density at radius 2 is 2.22 bits per heavy atom. The Balaban J connectivity index is 1.86. The Morgan fingerprint density at radius 3 is 2.91 bits per heavy atom. The molecule has 122 valence electrons. The predicted molar refractivity (Wildman–Crippen MR) is 83.2 cm³/mol. The van der Waals surface area contributed by atoms with Crippen LogP contribution in [0.25, 0.3) is 0 Å². The van der Waals surface area contributed by atoms with Crippen molar-refractivity contribution in [3.63, 3.8) is 0 Å². The van der Waals surface area contributed by atoms with Gasteiger partial charge in [-0.15, -0.1) is 0 Å². The average molecular weight is 314 g/mol. The van der Waals surface area contributed by atoms with Crippen LogP contribution in [0.4, 0.5) is 0 Å². The van der Waals surface area contributed by atoms with Crippen molar-refractivity contribution in [2.24, 2.45) is 17.3 Å². The van der Waals surface area contributed by atoms with Crippen molar-refractivity contribution < 1.29 is 19.4 Å². The molecule has 0 amide bonds. The van der Waals surface area contributed by atoms with Crippen molar-refractivity contribution in [2.75, 3.05) is 7.11 Å². The predicted octanol–water partition coefficient (Wildman–Crippen LogP) is 2.26. The van der Waals surface area contributed by atoms with Gasteiger partial charge in [-0.05, 0) is 66.8 Å². The van der Waals surface area contributed by atoms with Crippen LogP contribution >= 0.6 is 0 Å². The van der Waals surface area contributed by atoms with E-state index >= 15 is 0 Å². The van der Waals surface area contributed by atoms with Gasteiger partial charge < -0.3 is 14.6 Å². The fraction of sp³-hybridized carbons (Fsp3) is 0.632. The van der Waals surface area contributed by atoms with Crippen LogP contribution < -0.4 is 4.74 Å². The smallest absolute Gasteiger partial charge is 0.315 e. The number of aliphatic hydroxyl groups is 1. The van der Waals surface area contributed by atoms with Gasteiger partial charge in [-0.25, -0.2) is 0 Å². The molecular weight excluding hydrogens is 292 g/mol. The van der Waals surface area contributed by atoms with E-state index < -0.39 is 11.0 Å². The number of ether oxygens (including phenoxy) is 2. The topological polar surface area (TPSA) is 55.8 Å². The van der Waals surface area contributed by atoms with E-state index in [1.165, 1.54) is 5.56 Å². The standard InChI is InChI=1S/C19H22O4/c1-9-6-15-13-8-12-10(2)14(22-3)7-11-4-5-18(9,17(20)23-15)19(13,21)16(11)12/h7,9,13,15,21H,4-6,8H2,1-3H3/t9-,13+,15-,18-,19+/m0/s1. The molecule has 0 unspecified atom stereocenters. The first-order chi connectivity index (χ1) is 10.9. The van der Waals surface area contributed by atoms with Crippen molar-refractivity contribution in [1.82, 2.24) is 0 Å². The molecule has 4 nitrogen and oxygen atoms in total. The van der Waals surface area contributed by atoms with E-state index in [-0.39, 0.29) is 23.9 Å². The average Bonchev–Trinajstić information content (AvgIpc) is 2.84. The third-order valence-electron chi connectivity index (χ3n) is 7.28. The highest BCUT2D eigenvalue weighted by atomic mass is 16.6. The normalized spacial score (nSPS) is 42.4. The number of aryl methyl sites for hydroxylation is 1. The molecule has 2 saturated heterocycles. The highest BCUT2D eigenvalue weighted by Gasteiger charge is 2.75. The summed E-state index contributed by atoms with van der Waals surface area (Å²) >= 11 is 0. The van der Waals surface area contributed by atoms with Crippen molar-refractivity contribution in [1.29, 1.82) is 0 Å². The Morgan fingerprint density at radius 1 is 1.43 bits per heavy atom. The second-order valence-corrected chi connectivity index (χ2v) is 7.85. The SMILES string of the molecule is COc1cc2c3c(c1C)C[C@@H]1[C@@H]4C[C@H](C)[C@@](CC2)(C(=O)O4)[C@]31O. The summed E-state index contributed by atoms with van der Waals surface area (Å²) in [6.07, 6.45) is 2.98. The monoisotopic (exact) mass is 314 g/mol. The van der Waals surface area contributed by atoms with Gasteiger partial charge in [-0.2, -0.15) is 0 Å². The molecule has 3 fully saturated rings. The zero-order valence-corrected chi connectivity index (χ0v) is 13.8. The molecule has 4 heteroatoms.